The number of halogens is 5. The van der Waals surface area contributed by atoms with E-state index in [9.17, 15) is 17.6 Å². The van der Waals surface area contributed by atoms with Gasteiger partial charge in [0.2, 0.25) is 0 Å². The van der Waals surface area contributed by atoms with Crippen LogP contribution in [-0.2, 0) is 0 Å². The van der Waals surface area contributed by atoms with Crippen molar-refractivity contribution < 1.29 is 22.3 Å². The van der Waals surface area contributed by atoms with Crippen LogP contribution in [0.4, 0.5) is 17.6 Å². The van der Waals surface area contributed by atoms with Crippen molar-refractivity contribution in [3.63, 3.8) is 0 Å². The lowest BCUT2D eigenvalue weighted by molar-refractivity contribution is 0.408. The van der Waals surface area contributed by atoms with E-state index in [1.807, 2.05) is 0 Å². The average molecular weight is 349 g/mol. The number of rotatable bonds is 3. The maximum absolute atomic E-state index is 13.7. The quantitative estimate of drug-likeness (QED) is 0.575. The van der Waals surface area contributed by atoms with Crippen molar-refractivity contribution in [2.45, 2.75) is 4.83 Å². The summed E-state index contributed by atoms with van der Waals surface area (Å²) in [6.07, 6.45) is 0. The third kappa shape index (κ3) is 2.80. The van der Waals surface area contributed by atoms with Gasteiger partial charge in [-0.1, -0.05) is 15.9 Å². The molecule has 0 saturated carbocycles. The normalized spacial score (nSPS) is 12.3. The second kappa shape index (κ2) is 5.83. The summed E-state index contributed by atoms with van der Waals surface area (Å²) in [6.45, 7) is 0. The highest BCUT2D eigenvalue weighted by Gasteiger charge is 2.23. The van der Waals surface area contributed by atoms with Crippen LogP contribution in [0.1, 0.15) is 16.0 Å². The Bertz CT molecular complexity index is 622. The molecule has 0 aliphatic carbocycles. The predicted octanol–water partition coefficient (Wildman–Crippen LogP) is 4.74. The molecule has 1 unspecified atom stereocenters. The standard InChI is InChI=1S/C14H9BrF4O/c1-20-12-3-2-7(16)4-9(12)14(15)13-10(18)5-8(17)6-11(13)19/h2-6,14H,1H3. The number of alkyl halides is 1. The van der Waals surface area contributed by atoms with Gasteiger partial charge < -0.3 is 4.74 Å². The van der Waals surface area contributed by atoms with Gasteiger partial charge in [-0.25, -0.2) is 17.6 Å². The van der Waals surface area contributed by atoms with Crippen LogP contribution < -0.4 is 4.74 Å². The lowest BCUT2D eigenvalue weighted by Gasteiger charge is -2.16. The highest BCUT2D eigenvalue weighted by atomic mass is 79.9. The zero-order chi connectivity index (χ0) is 14.9. The van der Waals surface area contributed by atoms with Crippen LogP contribution in [-0.4, -0.2) is 7.11 Å². The lowest BCUT2D eigenvalue weighted by atomic mass is 10.0. The van der Waals surface area contributed by atoms with Crippen molar-refractivity contribution in [3.8, 4) is 5.75 Å². The van der Waals surface area contributed by atoms with Crippen LogP contribution >= 0.6 is 15.9 Å². The number of ether oxygens (including phenoxy) is 1. The molecule has 0 saturated heterocycles. The Hall–Kier alpha value is -1.56. The highest BCUT2D eigenvalue weighted by molar-refractivity contribution is 9.09. The molecular formula is C14H9BrF4O. The third-order valence-electron chi connectivity index (χ3n) is 2.76. The molecule has 0 bridgehead atoms. The molecule has 20 heavy (non-hydrogen) atoms. The van der Waals surface area contributed by atoms with E-state index in [0.717, 1.165) is 6.07 Å². The molecule has 0 amide bonds. The molecule has 0 aliphatic heterocycles. The van der Waals surface area contributed by atoms with Crippen LogP contribution in [0.5, 0.6) is 5.75 Å². The maximum Gasteiger partial charge on any atom is 0.133 e. The molecule has 0 N–H and O–H groups in total. The van der Waals surface area contributed by atoms with Crippen LogP contribution in [0, 0.1) is 23.3 Å². The topological polar surface area (TPSA) is 9.23 Å². The Labute approximate surface area is 121 Å². The first-order chi connectivity index (χ1) is 9.43. The monoisotopic (exact) mass is 348 g/mol. The minimum absolute atomic E-state index is 0.205. The first kappa shape index (κ1) is 14.8. The van der Waals surface area contributed by atoms with Crippen LogP contribution in [0.3, 0.4) is 0 Å². The van der Waals surface area contributed by atoms with Crippen molar-refractivity contribution in [3.05, 3.63) is 64.7 Å². The van der Waals surface area contributed by atoms with Gasteiger partial charge >= 0.3 is 0 Å². The Balaban J connectivity index is 2.57. The van der Waals surface area contributed by atoms with E-state index in [4.69, 9.17) is 4.74 Å². The molecule has 0 radical (unpaired) electrons. The number of benzene rings is 2. The Morgan fingerprint density at radius 3 is 2.10 bits per heavy atom. The number of hydrogen-bond donors (Lipinski definition) is 0. The summed E-state index contributed by atoms with van der Waals surface area (Å²) in [7, 11) is 1.35. The van der Waals surface area contributed by atoms with Crippen LogP contribution in [0.2, 0.25) is 0 Å². The van der Waals surface area contributed by atoms with Crippen molar-refractivity contribution in [2.24, 2.45) is 0 Å². The van der Waals surface area contributed by atoms with Crippen molar-refractivity contribution in [1.29, 1.82) is 0 Å². The smallest absolute Gasteiger partial charge is 0.133 e. The average Bonchev–Trinajstić information content (AvgIpc) is 2.37. The molecule has 1 atom stereocenters. The largest absolute Gasteiger partial charge is 0.496 e. The van der Waals surface area contributed by atoms with E-state index in [2.05, 4.69) is 15.9 Å². The van der Waals surface area contributed by atoms with Gasteiger partial charge in [0.05, 0.1) is 11.9 Å². The fraction of sp³-hybridized carbons (Fsp3) is 0.143. The predicted molar refractivity (Wildman–Crippen MR) is 70.0 cm³/mol. The Morgan fingerprint density at radius 1 is 0.950 bits per heavy atom. The second-order valence-corrected chi connectivity index (χ2v) is 4.95. The van der Waals surface area contributed by atoms with E-state index < -0.39 is 33.7 Å². The molecule has 106 valence electrons. The lowest BCUT2D eigenvalue weighted by Crippen LogP contribution is -2.04. The van der Waals surface area contributed by atoms with E-state index in [-0.39, 0.29) is 11.3 Å². The van der Waals surface area contributed by atoms with Gasteiger partial charge in [-0.2, -0.15) is 0 Å². The summed E-state index contributed by atoms with van der Waals surface area (Å²) in [5.74, 6) is -3.45. The van der Waals surface area contributed by atoms with Crippen molar-refractivity contribution in [1.82, 2.24) is 0 Å². The second-order valence-electron chi connectivity index (χ2n) is 4.03. The van der Waals surface area contributed by atoms with Crippen LogP contribution in [0.25, 0.3) is 0 Å². The summed E-state index contributed by atoms with van der Waals surface area (Å²) in [4.78, 5) is -1.01. The Morgan fingerprint density at radius 2 is 1.55 bits per heavy atom. The first-order valence-corrected chi connectivity index (χ1v) is 6.47. The molecule has 0 aliphatic rings. The molecule has 2 rings (SSSR count). The summed E-state index contributed by atoms with van der Waals surface area (Å²) in [5.41, 5.74) is -0.202. The minimum Gasteiger partial charge on any atom is -0.496 e. The highest BCUT2D eigenvalue weighted by Crippen LogP contribution is 2.39. The molecule has 0 spiro atoms. The fourth-order valence-corrected chi connectivity index (χ4v) is 2.65. The van der Waals surface area contributed by atoms with Gasteiger partial charge in [0.15, 0.2) is 0 Å². The Kier molecular flexibility index (Phi) is 4.32. The van der Waals surface area contributed by atoms with Crippen LogP contribution in [0.15, 0.2) is 30.3 Å². The van der Waals surface area contributed by atoms with Gasteiger partial charge in [-0.15, -0.1) is 0 Å². The van der Waals surface area contributed by atoms with E-state index in [0.29, 0.717) is 12.1 Å². The van der Waals surface area contributed by atoms with Gasteiger partial charge in [-0.05, 0) is 18.2 Å². The zero-order valence-electron chi connectivity index (χ0n) is 10.3. The molecule has 1 nitrogen and oxygen atoms in total. The van der Waals surface area contributed by atoms with E-state index >= 15 is 0 Å². The molecule has 6 heteroatoms. The van der Waals surface area contributed by atoms with Gasteiger partial charge in [0.25, 0.3) is 0 Å². The van der Waals surface area contributed by atoms with Gasteiger partial charge in [0.1, 0.15) is 29.0 Å². The molecule has 2 aromatic carbocycles. The summed E-state index contributed by atoms with van der Waals surface area (Å²) >= 11 is 3.10. The number of methoxy groups -OCH3 is 1. The maximum atomic E-state index is 13.7. The van der Waals surface area contributed by atoms with Gasteiger partial charge in [0, 0.05) is 23.3 Å². The van der Waals surface area contributed by atoms with E-state index in [1.165, 1.54) is 19.2 Å². The summed E-state index contributed by atoms with van der Waals surface area (Å²) < 4.78 is 58.7. The number of hydrogen-bond acceptors (Lipinski definition) is 1. The van der Waals surface area contributed by atoms with E-state index in [1.54, 1.807) is 0 Å². The zero-order valence-corrected chi connectivity index (χ0v) is 11.8. The SMILES string of the molecule is COc1ccc(F)cc1C(Br)c1c(F)cc(F)cc1F. The minimum atomic E-state index is -1.06. The third-order valence-corrected chi connectivity index (χ3v) is 3.71. The molecule has 0 aromatic heterocycles. The molecule has 0 heterocycles. The van der Waals surface area contributed by atoms with Gasteiger partial charge in [-0.3, -0.25) is 0 Å². The first-order valence-electron chi connectivity index (χ1n) is 5.56. The molecule has 2 aromatic rings. The summed E-state index contributed by atoms with van der Waals surface area (Å²) in [5, 5.41) is 0. The fourth-order valence-electron chi connectivity index (χ4n) is 1.85. The molecular weight excluding hydrogens is 340 g/mol. The van der Waals surface area contributed by atoms with Crippen molar-refractivity contribution in [2.75, 3.05) is 7.11 Å². The summed E-state index contributed by atoms with van der Waals surface area (Å²) in [6, 6.07) is 4.75. The molecule has 0 fully saturated rings. The van der Waals surface area contributed by atoms with Crippen molar-refractivity contribution >= 4 is 15.9 Å².